The quantitative estimate of drug-likeness (QED) is 0.245. The summed E-state index contributed by atoms with van der Waals surface area (Å²) in [5, 5.41) is 0. The van der Waals surface area contributed by atoms with E-state index in [-0.39, 0.29) is 17.1 Å². The lowest BCUT2D eigenvalue weighted by molar-refractivity contribution is -0.161. The number of benzene rings is 2. The second kappa shape index (κ2) is 10.2. The molecule has 2 aromatic carbocycles. The number of aryl methyl sites for hydroxylation is 1. The van der Waals surface area contributed by atoms with Gasteiger partial charge in [0.2, 0.25) is 6.10 Å². The third-order valence-electron chi connectivity index (χ3n) is 3.92. The maximum Gasteiger partial charge on any atom is 0.529 e. The monoisotopic (exact) mass is 434 g/mol. The van der Waals surface area contributed by atoms with Crippen LogP contribution in [0.3, 0.4) is 0 Å². The largest absolute Gasteiger partial charge is 0.529 e. The molecule has 8 nitrogen and oxygen atoms in total. The van der Waals surface area contributed by atoms with Crippen molar-refractivity contribution in [1.29, 1.82) is 0 Å². The van der Waals surface area contributed by atoms with E-state index in [1.807, 2.05) is 0 Å². The minimum Gasteiger partial charge on any atom is -0.446 e. The minimum atomic E-state index is -3.87. The predicted octanol–water partition coefficient (Wildman–Crippen LogP) is 4.59. The van der Waals surface area contributed by atoms with E-state index in [0.29, 0.717) is 5.56 Å². The van der Waals surface area contributed by atoms with Crippen molar-refractivity contribution in [2.75, 3.05) is 14.2 Å². The van der Waals surface area contributed by atoms with Gasteiger partial charge < -0.3 is 14.0 Å². The van der Waals surface area contributed by atoms with Crippen molar-refractivity contribution in [2.45, 2.75) is 20.0 Å². The van der Waals surface area contributed by atoms with E-state index in [1.165, 1.54) is 13.0 Å². The first-order valence-corrected chi connectivity index (χ1v) is 10.3. The fourth-order valence-electron chi connectivity index (χ4n) is 2.49. The number of esters is 2. The highest BCUT2D eigenvalue weighted by atomic mass is 31.2. The Kier molecular flexibility index (Phi) is 7.94. The molecule has 0 bridgehead atoms. The molecular weight excluding hydrogens is 411 g/mol. The Balaban J connectivity index is 2.35. The van der Waals surface area contributed by atoms with Gasteiger partial charge in [-0.3, -0.25) is 13.8 Å². The first kappa shape index (κ1) is 23.3. The summed E-state index contributed by atoms with van der Waals surface area (Å²) < 4.78 is 37.7. The molecule has 0 aromatic heterocycles. The van der Waals surface area contributed by atoms with Gasteiger partial charge in [0.05, 0.1) is 5.56 Å². The van der Waals surface area contributed by atoms with E-state index in [9.17, 15) is 14.2 Å². The van der Waals surface area contributed by atoms with Crippen LogP contribution in [0, 0.1) is 6.92 Å². The molecule has 0 aliphatic heterocycles. The average Bonchev–Trinajstić information content (AvgIpc) is 2.73. The molecule has 160 valence electrons. The Morgan fingerprint density at radius 3 is 2.23 bits per heavy atom. The summed E-state index contributed by atoms with van der Waals surface area (Å²) in [5.41, 5.74) is 1.51. The van der Waals surface area contributed by atoms with E-state index in [1.54, 1.807) is 49.4 Å². The smallest absolute Gasteiger partial charge is 0.446 e. The fraction of sp³-hybridized carbons (Fsp3) is 0.238. The first-order valence-electron chi connectivity index (χ1n) is 8.84. The van der Waals surface area contributed by atoms with Gasteiger partial charge >= 0.3 is 19.8 Å². The van der Waals surface area contributed by atoms with Crippen LogP contribution < -0.4 is 4.74 Å². The number of hydrogen-bond donors (Lipinski definition) is 0. The van der Waals surface area contributed by atoms with Gasteiger partial charge in [-0.1, -0.05) is 48.5 Å². The van der Waals surface area contributed by atoms with E-state index < -0.39 is 25.9 Å². The molecule has 2 rings (SSSR count). The van der Waals surface area contributed by atoms with E-state index in [2.05, 4.69) is 6.58 Å². The van der Waals surface area contributed by atoms with Crippen molar-refractivity contribution < 1.29 is 37.2 Å². The van der Waals surface area contributed by atoms with Crippen molar-refractivity contribution in [1.82, 2.24) is 0 Å². The number of phosphoric acid groups is 1. The zero-order valence-corrected chi connectivity index (χ0v) is 18.0. The van der Waals surface area contributed by atoms with Crippen LogP contribution in [0.25, 0.3) is 5.76 Å². The molecule has 0 aliphatic rings. The molecule has 0 spiro atoms. The van der Waals surface area contributed by atoms with Gasteiger partial charge in [0, 0.05) is 26.7 Å². The van der Waals surface area contributed by atoms with E-state index in [4.69, 9.17) is 23.0 Å². The summed E-state index contributed by atoms with van der Waals surface area (Å²) in [5.74, 6) is -1.48. The minimum absolute atomic E-state index is 0.0717. The van der Waals surface area contributed by atoms with Crippen LogP contribution in [0.2, 0.25) is 0 Å². The molecule has 30 heavy (non-hydrogen) atoms. The molecule has 1 atom stereocenters. The summed E-state index contributed by atoms with van der Waals surface area (Å²) in [4.78, 5) is 24.3. The predicted molar refractivity (Wildman–Crippen MR) is 110 cm³/mol. The Morgan fingerprint density at radius 1 is 1.03 bits per heavy atom. The number of ether oxygens (including phenoxy) is 2. The van der Waals surface area contributed by atoms with Gasteiger partial charge in [0.1, 0.15) is 11.5 Å². The summed E-state index contributed by atoms with van der Waals surface area (Å²) in [6.07, 6.45) is -1.27. The molecule has 0 saturated carbocycles. The summed E-state index contributed by atoms with van der Waals surface area (Å²) >= 11 is 0. The summed E-state index contributed by atoms with van der Waals surface area (Å²) in [6, 6.07) is 13.3. The second-order valence-electron chi connectivity index (χ2n) is 6.15. The van der Waals surface area contributed by atoms with Gasteiger partial charge in [-0.2, -0.15) is 0 Å². The Morgan fingerprint density at radius 2 is 1.67 bits per heavy atom. The van der Waals surface area contributed by atoms with Crippen molar-refractivity contribution in [3.8, 4) is 5.75 Å². The van der Waals surface area contributed by atoms with Crippen LogP contribution in [0.4, 0.5) is 0 Å². The van der Waals surface area contributed by atoms with Crippen LogP contribution >= 0.6 is 7.82 Å². The Hall–Kier alpha value is -2.93. The topological polar surface area (TPSA) is 97.4 Å². The molecule has 0 radical (unpaired) electrons. The molecule has 1 unspecified atom stereocenters. The highest BCUT2D eigenvalue weighted by molar-refractivity contribution is 7.48. The standard InChI is InChI=1S/C21H23O8P/c1-14-11-12-19(18(13-14)15(2)29-30(24,25-4)26-5)28-21(23)20(27-16(3)22)17-9-7-6-8-10-17/h6-13,20H,2H2,1,3-5H3. The van der Waals surface area contributed by atoms with Crippen molar-refractivity contribution in [3.05, 3.63) is 71.8 Å². The van der Waals surface area contributed by atoms with Gasteiger partial charge in [0.15, 0.2) is 0 Å². The number of carbonyl (C=O) groups excluding carboxylic acids is 2. The first-order chi connectivity index (χ1) is 14.2. The van der Waals surface area contributed by atoms with Crippen LogP contribution in [-0.2, 0) is 32.5 Å². The average molecular weight is 434 g/mol. The van der Waals surface area contributed by atoms with Gasteiger partial charge in [-0.25, -0.2) is 9.36 Å². The SMILES string of the molecule is C=C(OP(=O)(OC)OC)c1cc(C)ccc1OC(=O)C(OC(C)=O)c1ccccc1. The number of carbonyl (C=O) groups is 2. The summed E-state index contributed by atoms with van der Waals surface area (Å²) in [7, 11) is -1.54. The molecule has 9 heteroatoms. The lowest BCUT2D eigenvalue weighted by atomic mass is 10.1. The highest BCUT2D eigenvalue weighted by Gasteiger charge is 2.29. The molecule has 0 saturated heterocycles. The highest BCUT2D eigenvalue weighted by Crippen LogP contribution is 2.51. The van der Waals surface area contributed by atoms with Crippen molar-refractivity contribution >= 4 is 25.5 Å². The number of hydrogen-bond acceptors (Lipinski definition) is 8. The van der Waals surface area contributed by atoms with E-state index in [0.717, 1.165) is 19.8 Å². The summed E-state index contributed by atoms with van der Waals surface area (Å²) in [6.45, 7) is 6.74. The van der Waals surface area contributed by atoms with Crippen LogP contribution in [-0.4, -0.2) is 26.2 Å². The van der Waals surface area contributed by atoms with E-state index >= 15 is 0 Å². The second-order valence-corrected chi connectivity index (χ2v) is 7.95. The molecule has 0 fully saturated rings. The van der Waals surface area contributed by atoms with Gasteiger partial charge in [-0.15, -0.1) is 0 Å². The zero-order chi connectivity index (χ0) is 22.3. The fourth-order valence-corrected chi connectivity index (χ4v) is 3.16. The lowest BCUT2D eigenvalue weighted by Gasteiger charge is -2.20. The lowest BCUT2D eigenvalue weighted by Crippen LogP contribution is -2.23. The molecule has 2 aromatic rings. The zero-order valence-electron chi connectivity index (χ0n) is 17.1. The van der Waals surface area contributed by atoms with Crippen molar-refractivity contribution in [2.24, 2.45) is 0 Å². The molecule has 0 amide bonds. The number of phosphoric ester groups is 1. The normalized spacial score (nSPS) is 12.0. The van der Waals surface area contributed by atoms with Crippen LogP contribution in [0.5, 0.6) is 5.75 Å². The molecule has 0 heterocycles. The Bertz CT molecular complexity index is 962. The third kappa shape index (κ3) is 6.03. The maximum atomic E-state index is 12.8. The molecular formula is C21H23O8P. The maximum absolute atomic E-state index is 12.8. The third-order valence-corrected chi connectivity index (χ3v) is 5.25. The Labute approximate surface area is 175 Å². The van der Waals surface area contributed by atoms with Gasteiger partial charge in [-0.05, 0) is 19.1 Å². The number of rotatable bonds is 9. The van der Waals surface area contributed by atoms with Crippen LogP contribution in [0.15, 0.2) is 55.1 Å². The van der Waals surface area contributed by atoms with Crippen molar-refractivity contribution in [3.63, 3.8) is 0 Å². The van der Waals surface area contributed by atoms with Crippen LogP contribution in [0.1, 0.15) is 29.7 Å². The van der Waals surface area contributed by atoms with Gasteiger partial charge in [0.25, 0.3) is 0 Å². The molecule has 0 N–H and O–H groups in total. The molecule has 0 aliphatic carbocycles.